The Morgan fingerprint density at radius 1 is 1.10 bits per heavy atom. The maximum absolute atomic E-state index is 14.1. The quantitative estimate of drug-likeness (QED) is 0.756. The minimum atomic E-state index is -4.45. The number of anilines is 1. The Labute approximate surface area is 166 Å². The third kappa shape index (κ3) is 4.70. The van der Waals surface area contributed by atoms with Gasteiger partial charge in [0.05, 0.1) is 11.3 Å². The second kappa shape index (κ2) is 8.02. The number of carbonyl (C=O) groups is 1. The molecule has 1 aliphatic rings. The molecule has 8 heteroatoms. The van der Waals surface area contributed by atoms with E-state index in [1.165, 1.54) is 25.1 Å². The molecule has 2 atom stereocenters. The Bertz CT molecular complexity index is 865. The van der Waals surface area contributed by atoms with Crippen molar-refractivity contribution >= 4 is 11.6 Å². The number of carbonyl (C=O) groups excluding carboxylic acids is 1. The lowest BCUT2D eigenvalue weighted by atomic mass is 9.90. The first-order valence-corrected chi connectivity index (χ1v) is 9.36. The van der Waals surface area contributed by atoms with Gasteiger partial charge in [-0.3, -0.25) is 4.79 Å². The number of amides is 1. The number of hydrogen-bond donors (Lipinski definition) is 2. The van der Waals surface area contributed by atoms with E-state index < -0.39 is 23.2 Å². The van der Waals surface area contributed by atoms with Crippen molar-refractivity contribution < 1.29 is 22.4 Å². The molecule has 2 aromatic carbocycles. The molecule has 4 nitrogen and oxygen atoms in total. The SMILES string of the molecule is CC(N)(C(=O)NC1CCCN(c2ccccc2F)C1)c1ccc(C(F)(F)F)cc1. The molecule has 2 aromatic rings. The molecule has 156 valence electrons. The molecule has 29 heavy (non-hydrogen) atoms. The molecule has 3 N–H and O–H groups in total. The normalized spacial score (nSPS) is 19.5. The molecular weight excluding hydrogens is 386 g/mol. The molecule has 1 fully saturated rings. The van der Waals surface area contributed by atoms with Gasteiger partial charge in [-0.25, -0.2) is 4.39 Å². The third-order valence-electron chi connectivity index (χ3n) is 5.23. The lowest BCUT2D eigenvalue weighted by Gasteiger charge is -2.36. The smallest absolute Gasteiger partial charge is 0.367 e. The van der Waals surface area contributed by atoms with Crippen molar-refractivity contribution in [3.8, 4) is 0 Å². The summed E-state index contributed by atoms with van der Waals surface area (Å²) in [6.07, 6.45) is -2.98. The van der Waals surface area contributed by atoms with Crippen molar-refractivity contribution in [2.45, 2.75) is 37.5 Å². The standard InChI is InChI=1S/C21H23F4N3O/c1-20(26,14-8-10-15(11-9-14)21(23,24)25)19(29)27-16-5-4-12-28(13-16)18-7-3-2-6-17(18)22/h2-3,6-11,16H,4-5,12-13,26H2,1H3,(H,27,29). The van der Waals surface area contributed by atoms with Crippen LogP contribution in [0, 0.1) is 5.82 Å². The van der Waals surface area contributed by atoms with E-state index in [0.717, 1.165) is 18.6 Å². The van der Waals surface area contributed by atoms with E-state index in [9.17, 15) is 22.4 Å². The Morgan fingerprint density at radius 2 is 1.72 bits per heavy atom. The number of benzene rings is 2. The van der Waals surface area contributed by atoms with Crippen LogP contribution in [0.4, 0.5) is 23.2 Å². The average molecular weight is 409 g/mol. The van der Waals surface area contributed by atoms with E-state index >= 15 is 0 Å². The van der Waals surface area contributed by atoms with Crippen LogP contribution in [-0.4, -0.2) is 25.0 Å². The van der Waals surface area contributed by atoms with Crippen LogP contribution in [-0.2, 0) is 16.5 Å². The van der Waals surface area contributed by atoms with E-state index in [4.69, 9.17) is 5.73 Å². The Kier molecular flexibility index (Phi) is 5.84. The number of hydrogen-bond acceptors (Lipinski definition) is 3. The fourth-order valence-corrected chi connectivity index (χ4v) is 3.49. The summed E-state index contributed by atoms with van der Waals surface area (Å²) in [6, 6.07) is 10.5. The predicted octanol–water partition coefficient (Wildman–Crippen LogP) is 3.80. The van der Waals surface area contributed by atoms with E-state index in [2.05, 4.69) is 5.32 Å². The lowest BCUT2D eigenvalue weighted by Crippen LogP contribution is -2.55. The summed E-state index contributed by atoms with van der Waals surface area (Å²) in [5.41, 5.74) is 4.62. The van der Waals surface area contributed by atoms with Gasteiger partial charge in [-0.15, -0.1) is 0 Å². The number of piperidine rings is 1. The maximum Gasteiger partial charge on any atom is 0.416 e. The molecule has 3 rings (SSSR count). The highest BCUT2D eigenvalue weighted by Gasteiger charge is 2.35. The Balaban J connectivity index is 1.69. The van der Waals surface area contributed by atoms with Gasteiger partial charge < -0.3 is 16.0 Å². The molecule has 0 saturated carbocycles. The van der Waals surface area contributed by atoms with Crippen molar-refractivity contribution in [2.24, 2.45) is 5.73 Å². The zero-order valence-electron chi connectivity index (χ0n) is 16.0. The topological polar surface area (TPSA) is 58.4 Å². The van der Waals surface area contributed by atoms with Crippen LogP contribution in [0.15, 0.2) is 48.5 Å². The largest absolute Gasteiger partial charge is 0.416 e. The number of nitrogens with two attached hydrogens (primary N) is 1. The first-order valence-electron chi connectivity index (χ1n) is 9.36. The molecule has 2 unspecified atom stereocenters. The first-order chi connectivity index (χ1) is 13.6. The summed E-state index contributed by atoms with van der Waals surface area (Å²) in [6.45, 7) is 2.56. The number of alkyl halides is 3. The molecule has 0 bridgehead atoms. The van der Waals surface area contributed by atoms with Gasteiger partial charge in [0, 0.05) is 19.1 Å². The van der Waals surface area contributed by atoms with Crippen molar-refractivity contribution in [3.05, 3.63) is 65.5 Å². The van der Waals surface area contributed by atoms with Gasteiger partial charge >= 0.3 is 6.18 Å². The summed E-state index contributed by atoms with van der Waals surface area (Å²) >= 11 is 0. The van der Waals surface area contributed by atoms with Gasteiger partial charge in [-0.2, -0.15) is 13.2 Å². The summed E-state index contributed by atoms with van der Waals surface area (Å²) in [7, 11) is 0. The predicted molar refractivity (Wildman–Crippen MR) is 103 cm³/mol. The zero-order chi connectivity index (χ0) is 21.2. The lowest BCUT2D eigenvalue weighted by molar-refractivity contribution is -0.137. The highest BCUT2D eigenvalue weighted by atomic mass is 19.4. The second-order valence-corrected chi connectivity index (χ2v) is 7.49. The van der Waals surface area contributed by atoms with Crippen LogP contribution in [0.5, 0.6) is 0 Å². The zero-order valence-corrected chi connectivity index (χ0v) is 16.0. The summed E-state index contributed by atoms with van der Waals surface area (Å²) in [4.78, 5) is 14.6. The van der Waals surface area contributed by atoms with E-state index in [0.29, 0.717) is 25.2 Å². The number of halogens is 4. The number of rotatable bonds is 4. The molecule has 0 spiro atoms. The summed E-state index contributed by atoms with van der Waals surface area (Å²) in [5, 5.41) is 2.87. The summed E-state index contributed by atoms with van der Waals surface area (Å²) < 4.78 is 52.3. The van der Waals surface area contributed by atoms with Crippen LogP contribution < -0.4 is 16.0 Å². The van der Waals surface area contributed by atoms with Crippen molar-refractivity contribution in [3.63, 3.8) is 0 Å². The highest BCUT2D eigenvalue weighted by molar-refractivity contribution is 5.87. The molecule has 0 radical (unpaired) electrons. The van der Waals surface area contributed by atoms with Crippen molar-refractivity contribution in [1.82, 2.24) is 5.32 Å². The van der Waals surface area contributed by atoms with Crippen molar-refractivity contribution in [1.29, 1.82) is 0 Å². The third-order valence-corrected chi connectivity index (χ3v) is 5.23. The molecule has 1 amide bonds. The fraction of sp³-hybridized carbons (Fsp3) is 0.381. The molecule has 0 aliphatic carbocycles. The van der Waals surface area contributed by atoms with E-state index in [1.807, 2.05) is 4.90 Å². The first kappa shape index (κ1) is 21.1. The number of nitrogens with zero attached hydrogens (tertiary/aromatic N) is 1. The van der Waals surface area contributed by atoms with Crippen LogP contribution >= 0.6 is 0 Å². The number of nitrogens with one attached hydrogen (secondary N) is 1. The maximum atomic E-state index is 14.1. The monoisotopic (exact) mass is 409 g/mol. The van der Waals surface area contributed by atoms with Gasteiger partial charge in [0.25, 0.3) is 0 Å². The van der Waals surface area contributed by atoms with Crippen LogP contribution in [0.2, 0.25) is 0 Å². The molecule has 1 saturated heterocycles. The fourth-order valence-electron chi connectivity index (χ4n) is 3.49. The molecule has 1 aliphatic heterocycles. The van der Waals surface area contributed by atoms with Gasteiger partial charge in [-0.1, -0.05) is 24.3 Å². The van der Waals surface area contributed by atoms with Gasteiger partial charge in [-0.05, 0) is 49.6 Å². The van der Waals surface area contributed by atoms with Crippen LogP contribution in [0.3, 0.4) is 0 Å². The molecular formula is C21H23F4N3O. The van der Waals surface area contributed by atoms with E-state index in [1.54, 1.807) is 18.2 Å². The van der Waals surface area contributed by atoms with Crippen LogP contribution in [0.25, 0.3) is 0 Å². The minimum Gasteiger partial charge on any atom is -0.367 e. The molecule has 1 heterocycles. The Morgan fingerprint density at radius 3 is 2.34 bits per heavy atom. The van der Waals surface area contributed by atoms with Crippen molar-refractivity contribution in [2.75, 3.05) is 18.0 Å². The second-order valence-electron chi connectivity index (χ2n) is 7.49. The molecule has 0 aromatic heterocycles. The van der Waals surface area contributed by atoms with E-state index in [-0.39, 0.29) is 17.4 Å². The summed E-state index contributed by atoms with van der Waals surface area (Å²) in [5.74, 6) is -0.814. The number of para-hydroxylation sites is 1. The highest BCUT2D eigenvalue weighted by Crippen LogP contribution is 2.31. The van der Waals surface area contributed by atoms with Gasteiger partial charge in [0.1, 0.15) is 11.4 Å². The van der Waals surface area contributed by atoms with Crippen LogP contribution in [0.1, 0.15) is 30.9 Å². The minimum absolute atomic E-state index is 0.242. The van der Waals surface area contributed by atoms with Gasteiger partial charge in [0.15, 0.2) is 0 Å². The van der Waals surface area contributed by atoms with Gasteiger partial charge in [0.2, 0.25) is 5.91 Å². The Hall–Kier alpha value is -2.61. The average Bonchev–Trinajstić information content (AvgIpc) is 2.68.